The molecule has 0 N–H and O–H groups in total. The molecule has 20 heavy (non-hydrogen) atoms. The van der Waals surface area contributed by atoms with E-state index in [9.17, 15) is 9.18 Å². The zero-order valence-electron chi connectivity index (χ0n) is 11.3. The van der Waals surface area contributed by atoms with Crippen LogP contribution in [0.5, 0.6) is 0 Å². The summed E-state index contributed by atoms with van der Waals surface area (Å²) in [4.78, 5) is 16.5. The molecule has 0 bridgehead atoms. The standard InChI is InChI=1S/C15H18BrFN2O/c16-12-3-4-14(17)13(9-12)15(20)19-7-5-18(6-8-19)10-11-1-2-11/h3-4,9,11H,1-2,5-8,10H2. The minimum atomic E-state index is -0.446. The van der Waals surface area contributed by atoms with E-state index in [-0.39, 0.29) is 11.5 Å². The van der Waals surface area contributed by atoms with Gasteiger partial charge in [-0.05, 0) is 37.0 Å². The molecule has 2 fully saturated rings. The SMILES string of the molecule is O=C(c1cc(Br)ccc1F)N1CCN(CC2CC2)CC1. The Morgan fingerprint density at radius 3 is 2.60 bits per heavy atom. The predicted molar refractivity (Wildman–Crippen MR) is 79.2 cm³/mol. The molecule has 1 aliphatic heterocycles. The van der Waals surface area contributed by atoms with Gasteiger partial charge in [-0.15, -0.1) is 0 Å². The number of benzene rings is 1. The zero-order valence-corrected chi connectivity index (χ0v) is 12.9. The van der Waals surface area contributed by atoms with E-state index < -0.39 is 5.82 Å². The van der Waals surface area contributed by atoms with Crippen molar-refractivity contribution in [2.24, 2.45) is 5.92 Å². The molecule has 1 heterocycles. The molecule has 0 aromatic heterocycles. The van der Waals surface area contributed by atoms with Crippen LogP contribution < -0.4 is 0 Å². The molecule has 1 aliphatic carbocycles. The number of carbonyl (C=O) groups is 1. The summed E-state index contributed by atoms with van der Waals surface area (Å²) in [5, 5.41) is 0. The fourth-order valence-electron chi connectivity index (χ4n) is 2.63. The third kappa shape index (κ3) is 3.20. The first-order chi connectivity index (χ1) is 9.63. The maximum absolute atomic E-state index is 13.8. The zero-order chi connectivity index (χ0) is 14.1. The van der Waals surface area contributed by atoms with E-state index in [2.05, 4.69) is 20.8 Å². The molecule has 3 nitrogen and oxygen atoms in total. The molecule has 1 aromatic carbocycles. The highest BCUT2D eigenvalue weighted by molar-refractivity contribution is 9.10. The van der Waals surface area contributed by atoms with Gasteiger partial charge in [-0.1, -0.05) is 15.9 Å². The van der Waals surface area contributed by atoms with Gasteiger partial charge in [0.15, 0.2) is 0 Å². The van der Waals surface area contributed by atoms with Crippen molar-refractivity contribution in [3.8, 4) is 0 Å². The number of hydrogen-bond donors (Lipinski definition) is 0. The van der Waals surface area contributed by atoms with E-state index in [0.29, 0.717) is 13.1 Å². The van der Waals surface area contributed by atoms with E-state index in [0.717, 1.165) is 30.0 Å². The van der Waals surface area contributed by atoms with Crippen molar-refractivity contribution in [2.75, 3.05) is 32.7 Å². The molecule has 1 aromatic rings. The molecule has 3 rings (SSSR count). The van der Waals surface area contributed by atoms with Gasteiger partial charge >= 0.3 is 0 Å². The lowest BCUT2D eigenvalue weighted by molar-refractivity contribution is 0.0627. The van der Waals surface area contributed by atoms with E-state index in [4.69, 9.17) is 0 Å². The Labute approximate surface area is 126 Å². The summed E-state index contributed by atoms with van der Waals surface area (Å²) in [6, 6.07) is 4.51. The molecule has 0 unspecified atom stereocenters. The molecular weight excluding hydrogens is 323 g/mol. The maximum Gasteiger partial charge on any atom is 0.256 e. The van der Waals surface area contributed by atoms with Crippen LogP contribution in [-0.4, -0.2) is 48.4 Å². The van der Waals surface area contributed by atoms with Gasteiger partial charge in [0.1, 0.15) is 5.82 Å². The molecule has 2 aliphatic rings. The molecule has 0 radical (unpaired) electrons. The van der Waals surface area contributed by atoms with E-state index in [1.54, 1.807) is 17.0 Å². The Balaban J connectivity index is 1.61. The summed E-state index contributed by atoms with van der Waals surface area (Å²) in [6.45, 7) is 4.35. The molecule has 108 valence electrons. The highest BCUT2D eigenvalue weighted by Crippen LogP contribution is 2.30. The van der Waals surface area contributed by atoms with Crippen LogP contribution in [-0.2, 0) is 0 Å². The quantitative estimate of drug-likeness (QED) is 0.844. The van der Waals surface area contributed by atoms with Crippen LogP contribution in [0.3, 0.4) is 0 Å². The molecular formula is C15H18BrFN2O. The van der Waals surface area contributed by atoms with Crippen LogP contribution in [0, 0.1) is 11.7 Å². The summed E-state index contributed by atoms with van der Waals surface area (Å²) < 4.78 is 14.5. The average molecular weight is 341 g/mol. The van der Waals surface area contributed by atoms with Crippen LogP contribution in [0.15, 0.2) is 22.7 Å². The normalized spacial score (nSPS) is 20.2. The first kappa shape index (κ1) is 14.0. The van der Waals surface area contributed by atoms with Crippen molar-refractivity contribution in [1.29, 1.82) is 0 Å². The van der Waals surface area contributed by atoms with Crippen molar-refractivity contribution in [3.05, 3.63) is 34.1 Å². The van der Waals surface area contributed by atoms with Crippen LogP contribution in [0.25, 0.3) is 0 Å². The lowest BCUT2D eigenvalue weighted by atomic mass is 10.1. The van der Waals surface area contributed by atoms with Crippen LogP contribution >= 0.6 is 15.9 Å². The maximum atomic E-state index is 13.8. The summed E-state index contributed by atoms with van der Waals surface area (Å²) in [5.41, 5.74) is 0.162. The summed E-state index contributed by atoms with van der Waals surface area (Å²) in [7, 11) is 0. The average Bonchev–Trinajstić information content (AvgIpc) is 3.26. The fourth-order valence-corrected chi connectivity index (χ4v) is 2.99. The predicted octanol–water partition coefficient (Wildman–Crippen LogP) is 2.76. The van der Waals surface area contributed by atoms with Crippen molar-refractivity contribution in [3.63, 3.8) is 0 Å². The number of hydrogen-bond acceptors (Lipinski definition) is 2. The Morgan fingerprint density at radius 1 is 1.25 bits per heavy atom. The van der Waals surface area contributed by atoms with Gasteiger partial charge in [0, 0.05) is 37.2 Å². The van der Waals surface area contributed by atoms with Crippen LogP contribution in [0.4, 0.5) is 4.39 Å². The molecule has 0 atom stereocenters. The molecule has 5 heteroatoms. The number of piperazine rings is 1. The number of nitrogens with zero attached hydrogens (tertiary/aromatic N) is 2. The second-order valence-corrected chi connectivity index (χ2v) is 6.58. The minimum absolute atomic E-state index is 0.162. The van der Waals surface area contributed by atoms with Crippen molar-refractivity contribution < 1.29 is 9.18 Å². The van der Waals surface area contributed by atoms with Crippen molar-refractivity contribution >= 4 is 21.8 Å². The van der Waals surface area contributed by atoms with Crippen LogP contribution in [0.1, 0.15) is 23.2 Å². The Hall–Kier alpha value is -0.940. The number of carbonyl (C=O) groups excluding carboxylic acids is 1. The van der Waals surface area contributed by atoms with Gasteiger partial charge in [-0.25, -0.2) is 4.39 Å². The second kappa shape index (κ2) is 5.82. The smallest absolute Gasteiger partial charge is 0.256 e. The van der Waals surface area contributed by atoms with E-state index in [1.165, 1.54) is 18.9 Å². The second-order valence-electron chi connectivity index (χ2n) is 5.66. The summed E-state index contributed by atoms with van der Waals surface area (Å²) in [5.74, 6) is 0.230. The first-order valence-corrected chi connectivity index (χ1v) is 7.89. The Kier molecular flexibility index (Phi) is 4.08. The number of rotatable bonds is 3. The third-order valence-corrected chi connectivity index (χ3v) is 4.52. The monoisotopic (exact) mass is 340 g/mol. The van der Waals surface area contributed by atoms with E-state index >= 15 is 0 Å². The summed E-state index contributed by atoms with van der Waals surface area (Å²) >= 11 is 3.29. The van der Waals surface area contributed by atoms with Gasteiger partial charge < -0.3 is 4.90 Å². The lowest BCUT2D eigenvalue weighted by Gasteiger charge is -2.34. The number of amides is 1. The number of halogens is 2. The van der Waals surface area contributed by atoms with Crippen molar-refractivity contribution in [2.45, 2.75) is 12.8 Å². The Morgan fingerprint density at radius 2 is 1.95 bits per heavy atom. The topological polar surface area (TPSA) is 23.6 Å². The molecule has 1 saturated carbocycles. The highest BCUT2D eigenvalue weighted by atomic mass is 79.9. The molecule has 1 saturated heterocycles. The Bertz CT molecular complexity index is 511. The van der Waals surface area contributed by atoms with E-state index in [1.807, 2.05) is 0 Å². The summed E-state index contributed by atoms with van der Waals surface area (Å²) in [6.07, 6.45) is 2.70. The van der Waals surface area contributed by atoms with Gasteiger partial charge in [0.05, 0.1) is 5.56 Å². The van der Waals surface area contributed by atoms with Crippen molar-refractivity contribution in [1.82, 2.24) is 9.80 Å². The fraction of sp³-hybridized carbons (Fsp3) is 0.533. The molecule has 1 amide bonds. The minimum Gasteiger partial charge on any atom is -0.336 e. The van der Waals surface area contributed by atoms with Crippen LogP contribution in [0.2, 0.25) is 0 Å². The van der Waals surface area contributed by atoms with Gasteiger partial charge in [0.2, 0.25) is 0 Å². The highest BCUT2D eigenvalue weighted by Gasteiger charge is 2.28. The van der Waals surface area contributed by atoms with Gasteiger partial charge in [0.25, 0.3) is 5.91 Å². The third-order valence-electron chi connectivity index (χ3n) is 4.03. The largest absolute Gasteiger partial charge is 0.336 e. The lowest BCUT2D eigenvalue weighted by Crippen LogP contribution is -2.49. The molecule has 0 spiro atoms. The van der Waals surface area contributed by atoms with Gasteiger partial charge in [-0.3, -0.25) is 9.69 Å². The van der Waals surface area contributed by atoms with Gasteiger partial charge in [-0.2, -0.15) is 0 Å². The first-order valence-electron chi connectivity index (χ1n) is 7.10.